The lowest BCUT2D eigenvalue weighted by Crippen LogP contribution is -2.29. The number of benzene rings is 2. The van der Waals surface area contributed by atoms with Gasteiger partial charge in [0.05, 0.1) is 13.2 Å². The minimum atomic E-state index is -0.135. The molecule has 21 heavy (non-hydrogen) atoms. The first-order chi connectivity index (χ1) is 9.96. The van der Waals surface area contributed by atoms with Crippen molar-refractivity contribution >= 4 is 27.5 Å². The Balaban J connectivity index is 2.53. The first kappa shape index (κ1) is 16.3. The molecule has 0 spiro atoms. The summed E-state index contributed by atoms with van der Waals surface area (Å²) in [5.41, 5.74) is 7.16. The second-order valence-corrected chi connectivity index (χ2v) is 6.33. The quantitative estimate of drug-likeness (QED) is 0.624. The molecule has 5 heteroatoms. The predicted octanol–water partition coefficient (Wildman–Crippen LogP) is 4.28. The van der Waals surface area contributed by atoms with Gasteiger partial charge in [0.2, 0.25) is 0 Å². The van der Waals surface area contributed by atoms with E-state index in [-0.39, 0.29) is 6.04 Å². The minimum Gasteiger partial charge on any atom is -0.496 e. The molecular formula is C16H18BrClN2O. The van der Waals surface area contributed by atoms with Gasteiger partial charge in [0.25, 0.3) is 0 Å². The molecule has 0 bridgehead atoms. The number of aryl methyl sites for hydroxylation is 2. The highest BCUT2D eigenvalue weighted by molar-refractivity contribution is 9.10. The van der Waals surface area contributed by atoms with Gasteiger partial charge in [-0.2, -0.15) is 0 Å². The van der Waals surface area contributed by atoms with E-state index in [0.717, 1.165) is 32.5 Å². The molecule has 1 unspecified atom stereocenters. The van der Waals surface area contributed by atoms with Crippen molar-refractivity contribution in [1.29, 1.82) is 0 Å². The van der Waals surface area contributed by atoms with E-state index in [4.69, 9.17) is 22.2 Å². The van der Waals surface area contributed by atoms with Gasteiger partial charge in [0, 0.05) is 9.50 Å². The molecule has 2 aromatic carbocycles. The van der Waals surface area contributed by atoms with Gasteiger partial charge in [-0.05, 0) is 60.4 Å². The number of methoxy groups -OCH3 is 1. The van der Waals surface area contributed by atoms with Crippen molar-refractivity contribution in [2.45, 2.75) is 19.9 Å². The Morgan fingerprint density at radius 3 is 2.43 bits per heavy atom. The summed E-state index contributed by atoms with van der Waals surface area (Å²) in [5.74, 6) is 6.66. The van der Waals surface area contributed by atoms with Gasteiger partial charge in [-0.25, -0.2) is 5.43 Å². The molecule has 0 aliphatic carbocycles. The van der Waals surface area contributed by atoms with Crippen LogP contribution in [0.25, 0.3) is 0 Å². The Bertz CT molecular complexity index is 641. The van der Waals surface area contributed by atoms with Crippen LogP contribution in [0, 0.1) is 13.8 Å². The maximum atomic E-state index is 6.14. The largest absolute Gasteiger partial charge is 0.496 e. The molecule has 0 amide bonds. The van der Waals surface area contributed by atoms with Gasteiger partial charge in [-0.15, -0.1) is 0 Å². The van der Waals surface area contributed by atoms with E-state index >= 15 is 0 Å². The molecule has 0 aliphatic heterocycles. The lowest BCUT2D eigenvalue weighted by atomic mass is 9.93. The zero-order valence-electron chi connectivity index (χ0n) is 12.2. The van der Waals surface area contributed by atoms with Crippen LogP contribution in [-0.2, 0) is 0 Å². The summed E-state index contributed by atoms with van der Waals surface area (Å²) in [7, 11) is 1.67. The Kier molecular flexibility index (Phi) is 5.27. The highest BCUT2D eigenvalue weighted by atomic mass is 79.9. The third kappa shape index (κ3) is 3.58. The topological polar surface area (TPSA) is 47.3 Å². The van der Waals surface area contributed by atoms with Crippen LogP contribution < -0.4 is 16.0 Å². The van der Waals surface area contributed by atoms with Gasteiger partial charge in [-0.1, -0.05) is 33.6 Å². The third-order valence-corrected chi connectivity index (χ3v) is 4.16. The SMILES string of the molecule is COc1cc(C)c(C(NN)c2cc(Cl)cc(Br)c2)cc1C. The molecule has 1 atom stereocenters. The minimum absolute atomic E-state index is 0.135. The van der Waals surface area contributed by atoms with Crippen LogP contribution in [0.3, 0.4) is 0 Å². The second kappa shape index (κ2) is 6.79. The first-order valence-electron chi connectivity index (χ1n) is 6.53. The van der Waals surface area contributed by atoms with Gasteiger partial charge in [-0.3, -0.25) is 5.84 Å². The molecule has 2 aromatic rings. The summed E-state index contributed by atoms with van der Waals surface area (Å²) in [5, 5.41) is 0.669. The molecule has 0 heterocycles. The maximum absolute atomic E-state index is 6.14. The number of hydrogen-bond donors (Lipinski definition) is 2. The molecule has 0 radical (unpaired) electrons. The summed E-state index contributed by atoms with van der Waals surface area (Å²) in [6.07, 6.45) is 0. The van der Waals surface area contributed by atoms with Crippen molar-refractivity contribution in [1.82, 2.24) is 5.43 Å². The van der Waals surface area contributed by atoms with Crippen LogP contribution in [0.2, 0.25) is 5.02 Å². The van der Waals surface area contributed by atoms with Crippen molar-refractivity contribution in [2.24, 2.45) is 5.84 Å². The monoisotopic (exact) mass is 368 g/mol. The fraction of sp³-hybridized carbons (Fsp3) is 0.250. The van der Waals surface area contributed by atoms with E-state index in [1.807, 2.05) is 38.1 Å². The molecular weight excluding hydrogens is 352 g/mol. The van der Waals surface area contributed by atoms with E-state index in [1.54, 1.807) is 7.11 Å². The summed E-state index contributed by atoms with van der Waals surface area (Å²) < 4.78 is 6.28. The van der Waals surface area contributed by atoms with Crippen molar-refractivity contribution in [2.75, 3.05) is 7.11 Å². The van der Waals surface area contributed by atoms with Crippen molar-refractivity contribution in [3.63, 3.8) is 0 Å². The lowest BCUT2D eigenvalue weighted by Gasteiger charge is -2.21. The van der Waals surface area contributed by atoms with Crippen LogP contribution in [0.15, 0.2) is 34.8 Å². The van der Waals surface area contributed by atoms with Crippen LogP contribution in [-0.4, -0.2) is 7.11 Å². The summed E-state index contributed by atoms with van der Waals surface area (Å²) in [6, 6.07) is 9.75. The van der Waals surface area contributed by atoms with Gasteiger partial charge >= 0.3 is 0 Å². The van der Waals surface area contributed by atoms with Gasteiger partial charge < -0.3 is 4.74 Å². The zero-order chi connectivity index (χ0) is 15.6. The summed E-state index contributed by atoms with van der Waals surface area (Å²) >= 11 is 9.60. The van der Waals surface area contributed by atoms with Gasteiger partial charge in [0.15, 0.2) is 0 Å². The van der Waals surface area contributed by atoms with E-state index in [9.17, 15) is 0 Å². The van der Waals surface area contributed by atoms with Crippen LogP contribution in [0.4, 0.5) is 0 Å². The van der Waals surface area contributed by atoms with Gasteiger partial charge in [0.1, 0.15) is 5.75 Å². The summed E-state index contributed by atoms with van der Waals surface area (Å²) in [6.45, 7) is 4.06. The molecule has 3 nitrogen and oxygen atoms in total. The van der Waals surface area contributed by atoms with Crippen molar-refractivity contribution in [3.8, 4) is 5.75 Å². The third-order valence-electron chi connectivity index (χ3n) is 3.48. The van der Waals surface area contributed by atoms with E-state index < -0.39 is 0 Å². The van der Waals surface area contributed by atoms with Crippen LogP contribution >= 0.6 is 27.5 Å². The average molecular weight is 370 g/mol. The smallest absolute Gasteiger partial charge is 0.122 e. The second-order valence-electron chi connectivity index (χ2n) is 4.98. The Morgan fingerprint density at radius 1 is 1.14 bits per heavy atom. The normalized spacial score (nSPS) is 12.3. The van der Waals surface area contributed by atoms with E-state index in [1.165, 1.54) is 0 Å². The Morgan fingerprint density at radius 2 is 1.86 bits per heavy atom. The standard InChI is InChI=1S/C16H18BrClN2O/c1-9-5-15(21-3)10(2)4-14(9)16(20-19)11-6-12(17)8-13(18)7-11/h4-8,16,20H,19H2,1-3H3. The molecule has 2 rings (SSSR count). The van der Waals surface area contributed by atoms with E-state index in [2.05, 4.69) is 27.4 Å². The lowest BCUT2D eigenvalue weighted by molar-refractivity contribution is 0.411. The number of hydrazine groups is 1. The molecule has 112 valence electrons. The van der Waals surface area contributed by atoms with Crippen LogP contribution in [0.5, 0.6) is 5.75 Å². The number of hydrogen-bond acceptors (Lipinski definition) is 3. The van der Waals surface area contributed by atoms with Crippen molar-refractivity contribution < 1.29 is 4.74 Å². The van der Waals surface area contributed by atoms with Crippen LogP contribution in [0.1, 0.15) is 28.3 Å². The van der Waals surface area contributed by atoms with Crippen molar-refractivity contribution in [3.05, 3.63) is 62.1 Å². The Hall–Kier alpha value is -1.07. The molecule has 3 N–H and O–H groups in total. The highest BCUT2D eigenvalue weighted by Crippen LogP contribution is 2.32. The number of ether oxygens (including phenoxy) is 1. The Labute approximate surface area is 138 Å². The summed E-state index contributed by atoms with van der Waals surface area (Å²) in [4.78, 5) is 0. The fourth-order valence-electron chi connectivity index (χ4n) is 2.45. The fourth-order valence-corrected chi connectivity index (χ4v) is 3.34. The van der Waals surface area contributed by atoms with E-state index in [0.29, 0.717) is 5.02 Å². The zero-order valence-corrected chi connectivity index (χ0v) is 14.5. The maximum Gasteiger partial charge on any atom is 0.122 e. The number of halogens is 2. The molecule has 0 aromatic heterocycles. The first-order valence-corrected chi connectivity index (χ1v) is 7.70. The molecule has 0 aliphatic rings. The number of rotatable bonds is 4. The highest BCUT2D eigenvalue weighted by Gasteiger charge is 2.17. The molecule has 0 saturated heterocycles. The average Bonchev–Trinajstić information content (AvgIpc) is 2.42. The predicted molar refractivity (Wildman–Crippen MR) is 90.8 cm³/mol. The number of nitrogens with two attached hydrogens (primary N) is 1. The molecule has 0 fully saturated rings. The number of nitrogens with one attached hydrogen (secondary N) is 1. The molecule has 0 saturated carbocycles.